The number of ether oxygens (including phenoxy) is 1. The van der Waals surface area contributed by atoms with Gasteiger partial charge >= 0.3 is 0 Å². The topological polar surface area (TPSA) is 71.4 Å². The SMILES string of the molecule is COc1ccc(-c2nccc(N3CC[C@H](O)C3)n2)c2cccnc12. The molecular weight excluding hydrogens is 304 g/mol. The third kappa shape index (κ3) is 2.55. The Bertz CT molecular complexity index is 884. The highest BCUT2D eigenvalue weighted by atomic mass is 16.5. The van der Waals surface area contributed by atoms with Gasteiger partial charge in [0.2, 0.25) is 0 Å². The molecule has 0 saturated carbocycles. The zero-order chi connectivity index (χ0) is 16.5. The molecule has 1 N–H and O–H groups in total. The van der Waals surface area contributed by atoms with Gasteiger partial charge in [0.05, 0.1) is 13.2 Å². The van der Waals surface area contributed by atoms with E-state index in [4.69, 9.17) is 9.72 Å². The van der Waals surface area contributed by atoms with Crippen LogP contribution in [0.5, 0.6) is 5.75 Å². The standard InChI is InChI=1S/C18H18N4O2/c1-24-15-5-4-14(13-3-2-8-19-17(13)15)18-20-9-6-16(21-18)22-10-7-12(23)11-22/h2-6,8-9,12,23H,7,10-11H2,1H3/t12-/m0/s1. The second kappa shape index (κ2) is 6.05. The number of benzene rings is 1. The molecule has 0 amide bonds. The van der Waals surface area contributed by atoms with Gasteiger partial charge < -0.3 is 14.7 Å². The fourth-order valence-corrected chi connectivity index (χ4v) is 3.11. The van der Waals surface area contributed by atoms with E-state index in [2.05, 4.69) is 14.9 Å². The number of hydrogen-bond acceptors (Lipinski definition) is 6. The van der Waals surface area contributed by atoms with E-state index < -0.39 is 0 Å². The van der Waals surface area contributed by atoms with Gasteiger partial charge in [-0.2, -0.15) is 0 Å². The van der Waals surface area contributed by atoms with Crippen LogP contribution in [0.25, 0.3) is 22.3 Å². The van der Waals surface area contributed by atoms with Gasteiger partial charge in [0.15, 0.2) is 5.82 Å². The van der Waals surface area contributed by atoms with Crippen LogP contribution >= 0.6 is 0 Å². The van der Waals surface area contributed by atoms with Crippen molar-refractivity contribution < 1.29 is 9.84 Å². The second-order valence-electron chi connectivity index (χ2n) is 5.84. The van der Waals surface area contributed by atoms with Crippen LogP contribution in [0.1, 0.15) is 6.42 Å². The monoisotopic (exact) mass is 322 g/mol. The molecule has 1 saturated heterocycles. The lowest BCUT2D eigenvalue weighted by Crippen LogP contribution is -2.22. The summed E-state index contributed by atoms with van der Waals surface area (Å²) in [6, 6.07) is 9.62. The second-order valence-corrected chi connectivity index (χ2v) is 5.84. The quantitative estimate of drug-likeness (QED) is 0.797. The Labute approximate surface area is 139 Å². The van der Waals surface area contributed by atoms with Gasteiger partial charge in [0.25, 0.3) is 0 Å². The molecule has 1 aliphatic rings. The summed E-state index contributed by atoms with van der Waals surface area (Å²) >= 11 is 0. The van der Waals surface area contributed by atoms with Gasteiger partial charge in [-0.1, -0.05) is 6.07 Å². The molecule has 24 heavy (non-hydrogen) atoms. The molecule has 1 atom stereocenters. The number of aliphatic hydroxyl groups excluding tert-OH is 1. The van der Waals surface area contributed by atoms with Gasteiger partial charge in [-0.3, -0.25) is 4.98 Å². The summed E-state index contributed by atoms with van der Waals surface area (Å²) in [6.45, 7) is 1.42. The van der Waals surface area contributed by atoms with Gasteiger partial charge in [-0.15, -0.1) is 0 Å². The molecule has 4 rings (SSSR count). The highest BCUT2D eigenvalue weighted by Crippen LogP contribution is 2.32. The lowest BCUT2D eigenvalue weighted by atomic mass is 10.1. The lowest BCUT2D eigenvalue weighted by Gasteiger charge is -2.17. The van der Waals surface area contributed by atoms with Crippen LogP contribution in [0.15, 0.2) is 42.7 Å². The van der Waals surface area contributed by atoms with E-state index in [-0.39, 0.29) is 6.10 Å². The summed E-state index contributed by atoms with van der Waals surface area (Å²) in [7, 11) is 1.64. The van der Waals surface area contributed by atoms with Gasteiger partial charge in [-0.25, -0.2) is 9.97 Å². The molecule has 0 unspecified atom stereocenters. The predicted octanol–water partition coefficient (Wildman–Crippen LogP) is 2.27. The predicted molar refractivity (Wildman–Crippen MR) is 92.2 cm³/mol. The van der Waals surface area contributed by atoms with E-state index >= 15 is 0 Å². The number of methoxy groups -OCH3 is 1. The van der Waals surface area contributed by atoms with Gasteiger partial charge in [0.1, 0.15) is 17.1 Å². The van der Waals surface area contributed by atoms with Crippen molar-refractivity contribution in [2.24, 2.45) is 0 Å². The highest BCUT2D eigenvalue weighted by molar-refractivity contribution is 5.96. The van der Waals surface area contributed by atoms with Crippen LogP contribution in [0.2, 0.25) is 0 Å². The molecule has 6 heteroatoms. The Morgan fingerprint density at radius 3 is 2.88 bits per heavy atom. The van der Waals surface area contributed by atoms with Crippen molar-refractivity contribution in [2.75, 3.05) is 25.1 Å². The fraction of sp³-hybridized carbons (Fsp3) is 0.278. The molecule has 3 aromatic rings. The maximum atomic E-state index is 9.74. The molecular formula is C18H18N4O2. The molecule has 0 spiro atoms. The first-order valence-corrected chi connectivity index (χ1v) is 7.94. The highest BCUT2D eigenvalue weighted by Gasteiger charge is 2.22. The van der Waals surface area contributed by atoms with Crippen molar-refractivity contribution in [3.63, 3.8) is 0 Å². The van der Waals surface area contributed by atoms with Crippen molar-refractivity contribution in [3.8, 4) is 17.1 Å². The zero-order valence-electron chi connectivity index (χ0n) is 13.4. The van der Waals surface area contributed by atoms with Crippen molar-refractivity contribution in [2.45, 2.75) is 12.5 Å². The largest absolute Gasteiger partial charge is 0.494 e. The van der Waals surface area contributed by atoms with E-state index in [0.717, 1.165) is 41.0 Å². The number of β-amino-alcohol motifs (C(OH)–C–C–N with tert-alkyl or cyclic N) is 1. The Morgan fingerprint density at radius 1 is 1.17 bits per heavy atom. The Morgan fingerprint density at radius 2 is 2.08 bits per heavy atom. The Hall–Kier alpha value is -2.73. The minimum absolute atomic E-state index is 0.283. The molecule has 0 radical (unpaired) electrons. The van der Waals surface area contributed by atoms with Crippen molar-refractivity contribution >= 4 is 16.7 Å². The van der Waals surface area contributed by atoms with Crippen LogP contribution in [-0.4, -0.2) is 46.4 Å². The van der Waals surface area contributed by atoms with Gasteiger partial charge in [-0.05, 0) is 30.7 Å². The van der Waals surface area contributed by atoms with Crippen LogP contribution < -0.4 is 9.64 Å². The average molecular weight is 322 g/mol. The van der Waals surface area contributed by atoms with Crippen LogP contribution in [0.3, 0.4) is 0 Å². The Balaban J connectivity index is 1.81. The lowest BCUT2D eigenvalue weighted by molar-refractivity contribution is 0.198. The normalized spacial score (nSPS) is 17.4. The van der Waals surface area contributed by atoms with E-state index in [9.17, 15) is 5.11 Å². The van der Waals surface area contributed by atoms with Crippen molar-refractivity contribution in [3.05, 3.63) is 42.7 Å². The van der Waals surface area contributed by atoms with Gasteiger partial charge in [0, 0.05) is 36.4 Å². The van der Waals surface area contributed by atoms with E-state index in [1.165, 1.54) is 0 Å². The van der Waals surface area contributed by atoms with E-state index in [1.807, 2.05) is 30.3 Å². The number of pyridine rings is 1. The van der Waals surface area contributed by atoms with Crippen LogP contribution in [0.4, 0.5) is 5.82 Å². The maximum Gasteiger partial charge on any atom is 0.162 e. The molecule has 3 heterocycles. The number of hydrogen-bond donors (Lipinski definition) is 1. The number of rotatable bonds is 3. The molecule has 122 valence electrons. The van der Waals surface area contributed by atoms with E-state index in [0.29, 0.717) is 12.4 Å². The molecule has 1 aliphatic heterocycles. The van der Waals surface area contributed by atoms with Crippen LogP contribution in [0, 0.1) is 0 Å². The molecule has 1 fully saturated rings. The molecule has 2 aromatic heterocycles. The summed E-state index contributed by atoms with van der Waals surface area (Å²) in [5.74, 6) is 2.21. The summed E-state index contributed by atoms with van der Waals surface area (Å²) in [5.41, 5.74) is 1.71. The molecule has 6 nitrogen and oxygen atoms in total. The first kappa shape index (κ1) is 14.8. The summed E-state index contributed by atoms with van der Waals surface area (Å²) in [4.78, 5) is 15.6. The average Bonchev–Trinajstić information content (AvgIpc) is 3.07. The molecule has 0 bridgehead atoms. The van der Waals surface area contributed by atoms with Crippen molar-refractivity contribution in [1.29, 1.82) is 0 Å². The molecule has 1 aromatic carbocycles. The van der Waals surface area contributed by atoms with Crippen molar-refractivity contribution in [1.82, 2.24) is 15.0 Å². The minimum atomic E-state index is -0.283. The Kier molecular flexibility index (Phi) is 3.74. The summed E-state index contributed by atoms with van der Waals surface area (Å²) < 4.78 is 5.40. The number of nitrogens with zero attached hydrogens (tertiary/aromatic N) is 4. The minimum Gasteiger partial charge on any atom is -0.494 e. The smallest absolute Gasteiger partial charge is 0.162 e. The first-order chi connectivity index (χ1) is 11.8. The number of anilines is 1. The number of aliphatic hydroxyl groups is 1. The molecule has 0 aliphatic carbocycles. The first-order valence-electron chi connectivity index (χ1n) is 7.94. The maximum absolute atomic E-state index is 9.74. The zero-order valence-corrected chi connectivity index (χ0v) is 13.4. The summed E-state index contributed by atoms with van der Waals surface area (Å²) in [6.07, 6.45) is 4.00. The fourth-order valence-electron chi connectivity index (χ4n) is 3.11. The third-order valence-electron chi connectivity index (χ3n) is 4.32. The number of aromatic nitrogens is 3. The van der Waals surface area contributed by atoms with Crippen LogP contribution in [-0.2, 0) is 0 Å². The number of fused-ring (bicyclic) bond motifs is 1. The third-order valence-corrected chi connectivity index (χ3v) is 4.32. The summed E-state index contributed by atoms with van der Waals surface area (Å²) in [5, 5.41) is 10.7. The van der Waals surface area contributed by atoms with E-state index in [1.54, 1.807) is 19.5 Å².